The van der Waals surface area contributed by atoms with Gasteiger partial charge in [-0.1, -0.05) is 85.7 Å². The van der Waals surface area contributed by atoms with Crippen molar-refractivity contribution in [1.29, 1.82) is 0 Å². The Morgan fingerprint density at radius 2 is 1.61 bits per heavy atom. The summed E-state index contributed by atoms with van der Waals surface area (Å²) in [6, 6.07) is 8.33. The van der Waals surface area contributed by atoms with Crippen LogP contribution in [-0.2, 0) is 35.8 Å². The van der Waals surface area contributed by atoms with E-state index in [1.54, 1.807) is 12.0 Å². The summed E-state index contributed by atoms with van der Waals surface area (Å²) in [5, 5.41) is 12.6. The summed E-state index contributed by atoms with van der Waals surface area (Å²) in [5.74, 6) is 0.348. The Labute approximate surface area is 305 Å². The molecule has 12 nitrogen and oxygen atoms in total. The van der Waals surface area contributed by atoms with Gasteiger partial charge >= 0.3 is 23.2 Å². The molecule has 0 aliphatic carbocycles. The van der Waals surface area contributed by atoms with Crippen LogP contribution < -0.4 is 4.74 Å². The minimum atomic E-state index is -3.14. The van der Waals surface area contributed by atoms with Crippen LogP contribution in [0.15, 0.2) is 42.9 Å². The van der Waals surface area contributed by atoms with Gasteiger partial charge in [0.05, 0.1) is 38.5 Å². The van der Waals surface area contributed by atoms with Gasteiger partial charge in [-0.25, -0.2) is 9.78 Å². The van der Waals surface area contributed by atoms with Gasteiger partial charge in [0.25, 0.3) is 0 Å². The van der Waals surface area contributed by atoms with Crippen molar-refractivity contribution in [3.8, 4) is 5.88 Å². The molecule has 0 radical (unpaired) electrons. The molecule has 2 aliphatic rings. The van der Waals surface area contributed by atoms with Gasteiger partial charge in [-0.15, -0.1) is 0 Å². The minimum absolute atomic E-state index is 0.0335. The average molecular weight is 743 g/mol. The molecule has 1 aromatic carbocycles. The lowest BCUT2D eigenvalue weighted by Gasteiger charge is -2.51. The van der Waals surface area contributed by atoms with Crippen LogP contribution in [-0.4, -0.2) is 85.3 Å². The van der Waals surface area contributed by atoms with Crippen LogP contribution in [0.25, 0.3) is 11.0 Å². The number of hydrogen-bond donors (Lipinski definition) is 1. The fraction of sp³-hybridized carbons (Fsp3) is 0.649. The molecule has 4 heterocycles. The molecular weight excluding hydrogens is 685 g/mol. The number of carbonyl (C=O) groups is 1. The quantitative estimate of drug-likeness (QED) is 0.208. The minimum Gasteiger partial charge on any atom is -0.479 e. The van der Waals surface area contributed by atoms with Gasteiger partial charge in [0.1, 0.15) is 35.8 Å². The predicted octanol–water partition coefficient (Wildman–Crippen LogP) is 7.59. The Balaban J connectivity index is 1.67. The number of rotatable bonds is 10. The normalized spacial score (nSPS) is 23.6. The van der Waals surface area contributed by atoms with Gasteiger partial charge < -0.3 is 36.9 Å². The van der Waals surface area contributed by atoms with E-state index in [0.717, 1.165) is 5.56 Å². The van der Waals surface area contributed by atoms with Crippen LogP contribution >= 0.6 is 0 Å². The third kappa shape index (κ3) is 7.51. The first-order valence-electron chi connectivity index (χ1n) is 18.2. The first-order valence-corrected chi connectivity index (χ1v) is 22.1. The number of carbonyl (C=O) groups excluding carboxylic acids is 1. The number of methoxy groups -OCH3 is 1. The maximum absolute atomic E-state index is 14.5. The molecule has 4 atom stereocenters. The van der Waals surface area contributed by atoms with Crippen LogP contribution in [0.1, 0.15) is 93.3 Å². The van der Waals surface area contributed by atoms with E-state index in [9.17, 15) is 9.90 Å². The molecule has 0 spiro atoms. The van der Waals surface area contributed by atoms with Gasteiger partial charge in [0.15, 0.2) is 0 Å². The predicted molar refractivity (Wildman–Crippen MR) is 200 cm³/mol. The summed E-state index contributed by atoms with van der Waals surface area (Å²) < 4.78 is 41.6. The fourth-order valence-corrected chi connectivity index (χ4v) is 19.0. The van der Waals surface area contributed by atoms with Crippen molar-refractivity contribution in [2.75, 3.05) is 13.7 Å². The second-order valence-electron chi connectivity index (χ2n) is 16.0. The summed E-state index contributed by atoms with van der Waals surface area (Å²) in [4.78, 5) is 25.2. The number of benzene rings is 1. The second-order valence-corrected chi connectivity index (χ2v) is 24.9. The summed E-state index contributed by atoms with van der Waals surface area (Å²) in [7, 11) is -4.54. The van der Waals surface area contributed by atoms with E-state index >= 15 is 0 Å². The zero-order valence-corrected chi connectivity index (χ0v) is 34.4. The molecule has 1 amide bonds. The van der Waals surface area contributed by atoms with Crippen molar-refractivity contribution in [3.05, 3.63) is 54.0 Å². The lowest BCUT2D eigenvalue weighted by molar-refractivity contribution is -0.0154. The number of hydrogen-bond acceptors (Lipinski definition) is 10. The van der Waals surface area contributed by atoms with E-state index in [4.69, 9.17) is 32.2 Å². The highest BCUT2D eigenvalue weighted by atomic mass is 28.5. The zero-order valence-electron chi connectivity index (χ0n) is 32.4. The van der Waals surface area contributed by atoms with E-state index in [-0.39, 0.29) is 35.5 Å². The molecule has 1 N–H and O–H groups in total. The highest BCUT2D eigenvalue weighted by molar-refractivity contribution is 6.84. The lowest BCUT2D eigenvalue weighted by Crippen LogP contribution is -2.66. The summed E-state index contributed by atoms with van der Waals surface area (Å²) in [5.41, 5.74) is 2.22. The van der Waals surface area contributed by atoms with Crippen molar-refractivity contribution < 1.29 is 37.1 Å². The Kier molecular flexibility index (Phi) is 11.8. The molecule has 14 heteroatoms. The summed E-state index contributed by atoms with van der Waals surface area (Å²) in [6.07, 6.45) is 0.734. The molecule has 51 heavy (non-hydrogen) atoms. The first-order chi connectivity index (χ1) is 24.0. The van der Waals surface area contributed by atoms with Crippen LogP contribution in [0.5, 0.6) is 5.88 Å². The van der Waals surface area contributed by atoms with Crippen LogP contribution in [0.4, 0.5) is 4.79 Å². The number of aliphatic hydroxyl groups excluding tert-OH is 1. The highest BCUT2D eigenvalue weighted by Gasteiger charge is 2.64. The topological polar surface area (TPSA) is 127 Å². The van der Waals surface area contributed by atoms with Crippen molar-refractivity contribution in [2.24, 2.45) is 0 Å². The first kappa shape index (κ1) is 39.4. The highest BCUT2D eigenvalue weighted by Crippen LogP contribution is 2.51. The van der Waals surface area contributed by atoms with Crippen molar-refractivity contribution in [2.45, 2.75) is 142 Å². The van der Waals surface area contributed by atoms with Crippen molar-refractivity contribution in [3.63, 3.8) is 0 Å². The number of fused-ring (bicyclic) bond motifs is 2. The molecule has 282 valence electrons. The van der Waals surface area contributed by atoms with E-state index in [0.29, 0.717) is 29.1 Å². The molecule has 0 unspecified atom stereocenters. The van der Waals surface area contributed by atoms with Crippen molar-refractivity contribution >= 4 is 34.2 Å². The molecule has 3 aromatic rings. The Morgan fingerprint density at radius 1 is 0.980 bits per heavy atom. The van der Waals surface area contributed by atoms with Crippen LogP contribution in [0.3, 0.4) is 0 Å². The fourth-order valence-electron chi connectivity index (χ4n) is 7.73. The molecular formula is C37H58N4O8Si2. The van der Waals surface area contributed by atoms with Gasteiger partial charge in [-0.05, 0) is 48.5 Å². The van der Waals surface area contributed by atoms with E-state index < -0.39 is 53.1 Å². The van der Waals surface area contributed by atoms with Crippen LogP contribution in [0, 0.1) is 0 Å². The standard InChI is InChI=1S/C37H58N4O8Si2/c1-23(2)50(24(3)4)46-20-29-34(48-51(49-50,25(5)6)26(7)8)33(42)31(41(29)36(43)47-37(9,10)11)28-18-40(22-45-19-27-16-14-13-15-17-27)32-30(28)38-21-39-35(32)44-12/h13-18,21,23-26,29,31,33-34,42H,19-20,22H2,1-12H3/t29-,31+,33+,34-/m1/s1. The third-order valence-electron chi connectivity index (χ3n) is 10.1. The number of amides is 1. The van der Waals surface area contributed by atoms with E-state index in [2.05, 4.69) is 60.4 Å². The zero-order chi connectivity index (χ0) is 37.5. The molecule has 0 saturated carbocycles. The van der Waals surface area contributed by atoms with Gasteiger partial charge in [0, 0.05) is 11.8 Å². The maximum atomic E-state index is 14.5. The van der Waals surface area contributed by atoms with Crippen molar-refractivity contribution in [1.82, 2.24) is 19.4 Å². The van der Waals surface area contributed by atoms with E-state index in [1.165, 1.54) is 6.33 Å². The molecule has 2 fully saturated rings. The number of likely N-dealkylation sites (tertiary alicyclic amines) is 1. The van der Waals surface area contributed by atoms with Gasteiger partial charge in [-0.3, -0.25) is 4.90 Å². The molecule has 0 bridgehead atoms. The average Bonchev–Trinajstić information content (AvgIpc) is 3.54. The van der Waals surface area contributed by atoms with Gasteiger partial charge in [-0.2, -0.15) is 4.98 Å². The Morgan fingerprint density at radius 3 is 2.18 bits per heavy atom. The monoisotopic (exact) mass is 742 g/mol. The Bertz CT molecular complexity index is 1630. The maximum Gasteiger partial charge on any atom is 0.411 e. The number of aliphatic hydroxyl groups is 1. The largest absolute Gasteiger partial charge is 0.479 e. The summed E-state index contributed by atoms with van der Waals surface area (Å²) >= 11 is 0. The number of aromatic nitrogens is 3. The molecule has 2 aliphatic heterocycles. The number of nitrogens with zero attached hydrogens (tertiary/aromatic N) is 4. The van der Waals surface area contributed by atoms with Gasteiger partial charge in [0.2, 0.25) is 5.88 Å². The number of ether oxygens (including phenoxy) is 3. The third-order valence-corrected chi connectivity index (χ3v) is 20.4. The molecule has 2 saturated heterocycles. The molecule has 5 rings (SSSR count). The summed E-state index contributed by atoms with van der Waals surface area (Å²) in [6.45, 7) is 23.3. The molecule has 2 aromatic heterocycles. The lowest BCUT2D eigenvalue weighted by atomic mass is 10.0. The van der Waals surface area contributed by atoms with Crippen LogP contribution in [0.2, 0.25) is 22.2 Å². The Hall–Kier alpha value is -2.86. The smallest absolute Gasteiger partial charge is 0.411 e. The second kappa shape index (κ2) is 15.2. The SMILES string of the molecule is COc1ncnc2c([C@H]3[C@H](O)[C@@H]4O[Si](C(C)C)(C(C)C)O[Si](C(C)C)(C(C)C)OC[C@H]4N3C(=O)OC(C)(C)C)cn(COCc3ccccc3)c12. The van der Waals surface area contributed by atoms with E-state index in [1.807, 2.05) is 61.9 Å².